The highest BCUT2D eigenvalue weighted by molar-refractivity contribution is 5.99. The monoisotopic (exact) mass is 1310 g/mol. The Morgan fingerprint density at radius 3 is 1.57 bits per heavy atom. The molecule has 0 bridgehead atoms. The standard InChI is InChI=1S/C63H99N15O15/c1-11-32(5)47(74-53(83)41(64)29-38-22-24-40(25-23-38)39-19-16-15-17-20-39)58(88)72-44(30-79)56(86)71-43(26-27-46(65)81)55(85)75-49(34(7)13-3)60(90)76-48(33(6)12-2)59(89)73-45(31-80)57(87)78-51-37(10)93-62(92)50(35(8)14-4)77-54(84)42(21-18-28-68-63(66)67)70-52(82)36(9)69-61(51)91/h15-17,19-20,22-25,32-37,41-45,47-51,79-80H,11-14,18,21,26-31,64H2,1-10H3,(H2,65,81)(H,69,91)(H,70,82)(H,71,86)(H,72,88)(H,73,89)(H,74,83)(H,75,85)(H,76,90)(H,77,84)(H,78,87)(H4,66,67,68)/t32-,33-,34+,35-,36-,37-,41+,42-,43+,44-,45-,47-,48-,49+,50-,51+/m0/s1. The Morgan fingerprint density at radius 2 is 1.06 bits per heavy atom. The number of nitrogens with two attached hydrogens (primary N) is 4. The van der Waals surface area contributed by atoms with Crippen molar-refractivity contribution in [3.05, 3.63) is 60.2 Å². The van der Waals surface area contributed by atoms with E-state index in [4.69, 9.17) is 27.7 Å². The fraction of sp³-hybridized carbons (Fsp3) is 0.603. The lowest BCUT2D eigenvalue weighted by molar-refractivity contribution is -0.157. The zero-order valence-corrected chi connectivity index (χ0v) is 54.9. The number of primary amides is 1. The highest BCUT2D eigenvalue weighted by atomic mass is 16.5. The summed E-state index contributed by atoms with van der Waals surface area (Å²) in [6.07, 6.45) is -0.766. The largest absolute Gasteiger partial charge is 0.458 e. The molecule has 3 rings (SSSR count). The first-order valence-electron chi connectivity index (χ1n) is 31.6. The number of benzene rings is 2. The molecule has 516 valence electrons. The van der Waals surface area contributed by atoms with Crippen molar-refractivity contribution < 1.29 is 72.5 Å². The van der Waals surface area contributed by atoms with E-state index in [1.165, 1.54) is 13.8 Å². The number of nitrogens with one attached hydrogen (secondary N) is 10. The summed E-state index contributed by atoms with van der Waals surface area (Å²) >= 11 is 0. The summed E-state index contributed by atoms with van der Waals surface area (Å²) < 4.78 is 5.71. The molecule has 20 N–H and O–H groups in total. The van der Waals surface area contributed by atoms with Crippen molar-refractivity contribution in [1.82, 2.24) is 53.2 Å². The van der Waals surface area contributed by atoms with Crippen LogP contribution in [0, 0.1) is 23.7 Å². The summed E-state index contributed by atoms with van der Waals surface area (Å²) in [5.41, 5.74) is 25.4. The number of aliphatic hydroxyl groups excluding tert-OH is 2. The smallest absolute Gasteiger partial charge is 0.329 e. The van der Waals surface area contributed by atoms with Gasteiger partial charge in [0.1, 0.15) is 66.5 Å². The number of hydrogen-bond donors (Lipinski definition) is 16. The molecule has 2 aromatic rings. The molecule has 0 unspecified atom stereocenters. The van der Waals surface area contributed by atoms with Crippen LogP contribution in [0.3, 0.4) is 0 Å². The van der Waals surface area contributed by atoms with E-state index in [1.54, 1.807) is 55.4 Å². The van der Waals surface area contributed by atoms with Crippen LogP contribution in [-0.2, 0) is 68.7 Å². The van der Waals surface area contributed by atoms with Gasteiger partial charge in [0.15, 0.2) is 5.96 Å². The van der Waals surface area contributed by atoms with Crippen LogP contribution in [0.15, 0.2) is 59.6 Å². The summed E-state index contributed by atoms with van der Waals surface area (Å²) in [6.45, 7) is 14.1. The van der Waals surface area contributed by atoms with Gasteiger partial charge in [-0.05, 0) is 79.9 Å². The predicted octanol–water partition coefficient (Wildman–Crippen LogP) is -2.48. The van der Waals surface area contributed by atoms with Crippen molar-refractivity contribution in [3.63, 3.8) is 0 Å². The molecule has 30 heteroatoms. The van der Waals surface area contributed by atoms with E-state index in [-0.39, 0.29) is 44.6 Å². The van der Waals surface area contributed by atoms with Gasteiger partial charge in [0.25, 0.3) is 0 Å². The van der Waals surface area contributed by atoms with Gasteiger partial charge in [-0.2, -0.15) is 0 Å². The van der Waals surface area contributed by atoms with E-state index >= 15 is 0 Å². The third-order valence-corrected chi connectivity index (χ3v) is 16.6. The van der Waals surface area contributed by atoms with Crippen LogP contribution in [0.2, 0.25) is 0 Å². The van der Waals surface area contributed by atoms with E-state index in [0.29, 0.717) is 12.8 Å². The number of amides is 11. The number of carbonyl (C=O) groups excluding carboxylic acids is 12. The Morgan fingerprint density at radius 1 is 0.581 bits per heavy atom. The van der Waals surface area contributed by atoms with Crippen molar-refractivity contribution >= 4 is 76.9 Å². The van der Waals surface area contributed by atoms with Crippen LogP contribution in [-0.4, -0.2) is 179 Å². The third-order valence-electron chi connectivity index (χ3n) is 16.6. The lowest BCUT2D eigenvalue weighted by Crippen LogP contribution is -2.63. The number of nitrogens with zero attached hydrogens (tertiary/aromatic N) is 1. The number of hydrogen-bond acceptors (Lipinski definition) is 17. The SMILES string of the molecule is CC[C@@H](C)[C@@H](NC(=O)[C@@H](CCC(N)=O)NC(=O)[C@H](CO)NC(=O)[C@@H](NC(=O)[C@H](N)Cc1ccc(-c2ccccc2)cc1)[C@@H](C)CC)C(=O)N[C@H](C(=O)N[C@@H](CO)C(=O)N[C@H]1C(=O)N[C@@H](C)C(=O)N[C@@H](CCCN=C(N)N)C(=O)N[C@@H]([C@@H](C)CC)C(=O)O[C@H]1C)[C@@H](C)CC. The number of esters is 1. The van der Waals surface area contributed by atoms with Crippen LogP contribution in [0.25, 0.3) is 11.1 Å². The van der Waals surface area contributed by atoms with Crippen LogP contribution in [0.1, 0.15) is 126 Å². The second-order valence-electron chi connectivity index (χ2n) is 23.8. The van der Waals surface area contributed by atoms with Gasteiger partial charge in [-0.15, -0.1) is 0 Å². The molecule has 0 radical (unpaired) electrons. The molecule has 93 heavy (non-hydrogen) atoms. The van der Waals surface area contributed by atoms with E-state index < -0.39 is 193 Å². The summed E-state index contributed by atoms with van der Waals surface area (Å²) in [7, 11) is 0. The zero-order chi connectivity index (χ0) is 69.8. The van der Waals surface area contributed by atoms with E-state index in [1.807, 2.05) is 54.6 Å². The first kappa shape index (κ1) is 78.5. The van der Waals surface area contributed by atoms with Gasteiger partial charge in [0.2, 0.25) is 65.0 Å². The molecule has 0 aliphatic carbocycles. The molecule has 0 saturated carbocycles. The predicted molar refractivity (Wildman–Crippen MR) is 344 cm³/mol. The lowest BCUT2D eigenvalue weighted by atomic mass is 9.94. The highest BCUT2D eigenvalue weighted by Gasteiger charge is 2.41. The van der Waals surface area contributed by atoms with Crippen molar-refractivity contribution in [2.45, 2.75) is 200 Å². The lowest BCUT2D eigenvalue weighted by Gasteiger charge is -2.31. The van der Waals surface area contributed by atoms with Crippen LogP contribution >= 0.6 is 0 Å². The number of ether oxygens (including phenoxy) is 1. The number of guanidine groups is 1. The molecule has 1 aliphatic heterocycles. The molecule has 11 amide bonds. The number of cyclic esters (lactones) is 1. The minimum atomic E-state index is -1.83. The zero-order valence-electron chi connectivity index (χ0n) is 54.9. The molecule has 30 nitrogen and oxygen atoms in total. The topological polar surface area (TPSA) is 491 Å². The van der Waals surface area contributed by atoms with E-state index in [0.717, 1.165) is 16.7 Å². The van der Waals surface area contributed by atoms with Gasteiger partial charge in [0, 0.05) is 13.0 Å². The van der Waals surface area contributed by atoms with Gasteiger partial charge in [0.05, 0.1) is 19.3 Å². The molecule has 1 aliphatic rings. The molecular formula is C63H99N15O15. The summed E-state index contributed by atoms with van der Waals surface area (Å²) in [4.78, 5) is 169. The third kappa shape index (κ3) is 24.7. The fourth-order valence-corrected chi connectivity index (χ4v) is 9.75. The first-order chi connectivity index (χ1) is 43.9. The van der Waals surface area contributed by atoms with Gasteiger partial charge in [-0.25, -0.2) is 4.79 Å². The van der Waals surface area contributed by atoms with Gasteiger partial charge in [-0.3, -0.25) is 57.7 Å². The van der Waals surface area contributed by atoms with Crippen molar-refractivity contribution in [1.29, 1.82) is 0 Å². The Hall–Kier alpha value is -8.77. The number of aliphatic imine (C=N–C) groups is 1. The Labute approximate surface area is 542 Å². The maximum absolute atomic E-state index is 14.4. The Kier molecular flexibility index (Phi) is 32.9. The number of carbonyl (C=O) groups is 12. The normalized spacial score (nSPS) is 20.5. The highest BCUT2D eigenvalue weighted by Crippen LogP contribution is 2.21. The fourth-order valence-electron chi connectivity index (χ4n) is 9.75. The molecule has 0 spiro atoms. The van der Waals surface area contributed by atoms with Gasteiger partial charge >= 0.3 is 5.97 Å². The Bertz CT molecular complexity index is 2900. The maximum Gasteiger partial charge on any atom is 0.329 e. The molecule has 0 aromatic heterocycles. The second-order valence-corrected chi connectivity index (χ2v) is 23.8. The van der Waals surface area contributed by atoms with Crippen molar-refractivity contribution in [2.75, 3.05) is 19.8 Å². The first-order valence-corrected chi connectivity index (χ1v) is 31.6. The van der Waals surface area contributed by atoms with Crippen molar-refractivity contribution in [2.24, 2.45) is 51.6 Å². The van der Waals surface area contributed by atoms with E-state index in [9.17, 15) is 67.7 Å². The minimum Gasteiger partial charge on any atom is -0.458 e. The average Bonchev–Trinajstić information content (AvgIpc) is 2.07. The summed E-state index contributed by atoms with van der Waals surface area (Å²) in [5.74, 6) is -13.8. The van der Waals surface area contributed by atoms with Gasteiger partial charge in [-0.1, -0.05) is 136 Å². The molecular weight excluding hydrogens is 1210 g/mol. The second kappa shape index (κ2) is 38.9. The molecule has 1 saturated heterocycles. The summed E-state index contributed by atoms with van der Waals surface area (Å²) in [5, 5.41) is 46.3. The average molecular weight is 1310 g/mol. The molecule has 1 heterocycles. The quantitative estimate of drug-likeness (QED) is 0.0149. The van der Waals surface area contributed by atoms with Crippen LogP contribution in [0.4, 0.5) is 0 Å². The van der Waals surface area contributed by atoms with E-state index in [2.05, 4.69) is 58.2 Å². The molecule has 2 aromatic carbocycles. The number of rotatable bonds is 34. The van der Waals surface area contributed by atoms with Gasteiger partial charge < -0.3 is 91.1 Å². The Balaban J connectivity index is 1.83. The van der Waals surface area contributed by atoms with Crippen molar-refractivity contribution in [3.8, 4) is 11.1 Å². The molecule has 16 atom stereocenters. The minimum absolute atomic E-state index is 0.0211. The molecule has 1 fully saturated rings. The van der Waals surface area contributed by atoms with Crippen LogP contribution in [0.5, 0.6) is 0 Å². The van der Waals surface area contributed by atoms with Crippen LogP contribution < -0.4 is 76.1 Å². The summed E-state index contributed by atoms with van der Waals surface area (Å²) in [6, 6.07) is 1.11. The maximum atomic E-state index is 14.4. The number of aliphatic hydroxyl groups is 2.